The molecule has 1 aliphatic rings. The molecule has 1 heterocycles. The van der Waals surface area contributed by atoms with Gasteiger partial charge in [-0.05, 0) is 6.42 Å². The first-order chi connectivity index (χ1) is 3.84. The van der Waals surface area contributed by atoms with Gasteiger partial charge < -0.3 is 9.47 Å². The van der Waals surface area contributed by atoms with Crippen LogP contribution in [0.25, 0.3) is 0 Å². The van der Waals surface area contributed by atoms with Crippen LogP contribution in [0.2, 0.25) is 0 Å². The summed E-state index contributed by atoms with van der Waals surface area (Å²) < 4.78 is 10.1. The molecule has 0 unspecified atom stereocenters. The average molecular weight is 181 g/mol. The van der Waals surface area contributed by atoms with Crippen molar-refractivity contribution in [2.45, 2.75) is 17.5 Å². The highest BCUT2D eigenvalue weighted by atomic mass is 79.9. The molecular weight excluding hydrogens is 172 g/mol. The van der Waals surface area contributed by atoms with Crippen LogP contribution in [0.3, 0.4) is 0 Å². The van der Waals surface area contributed by atoms with Crippen LogP contribution in [0.4, 0.5) is 0 Å². The predicted molar refractivity (Wildman–Crippen MR) is 34.1 cm³/mol. The Labute approximate surface area is 57.3 Å². The fraction of sp³-hybridized carbons (Fsp3) is 1.00. The highest BCUT2D eigenvalue weighted by molar-refractivity contribution is 9.09. The van der Waals surface area contributed by atoms with Crippen molar-refractivity contribution in [2.24, 2.45) is 0 Å². The van der Waals surface area contributed by atoms with Crippen molar-refractivity contribution in [3.05, 3.63) is 0 Å². The molecular formula is C5H9BrO2. The van der Waals surface area contributed by atoms with Crippen molar-refractivity contribution >= 4 is 15.9 Å². The molecule has 0 amide bonds. The fourth-order valence-corrected chi connectivity index (χ4v) is 1.31. The van der Waals surface area contributed by atoms with Crippen molar-refractivity contribution < 1.29 is 9.47 Å². The summed E-state index contributed by atoms with van der Waals surface area (Å²) in [6.45, 7) is 0.814. The van der Waals surface area contributed by atoms with Gasteiger partial charge in [0.15, 0.2) is 6.29 Å². The van der Waals surface area contributed by atoms with E-state index in [-0.39, 0.29) is 6.29 Å². The van der Waals surface area contributed by atoms with E-state index >= 15 is 0 Å². The first kappa shape index (κ1) is 6.52. The van der Waals surface area contributed by atoms with E-state index in [2.05, 4.69) is 15.9 Å². The van der Waals surface area contributed by atoms with Crippen LogP contribution in [-0.4, -0.2) is 24.8 Å². The van der Waals surface area contributed by atoms with Crippen LogP contribution >= 0.6 is 15.9 Å². The average Bonchev–Trinajstić information content (AvgIpc) is 2.14. The molecule has 0 saturated carbocycles. The Kier molecular flexibility index (Phi) is 2.28. The molecule has 0 aromatic carbocycles. The molecule has 0 radical (unpaired) electrons. The molecule has 0 aromatic heterocycles. The van der Waals surface area contributed by atoms with E-state index in [0.29, 0.717) is 4.83 Å². The summed E-state index contributed by atoms with van der Waals surface area (Å²) >= 11 is 3.41. The van der Waals surface area contributed by atoms with E-state index in [4.69, 9.17) is 9.47 Å². The fourth-order valence-electron chi connectivity index (χ4n) is 0.753. The SMILES string of the molecule is CO[C@@H]1OCC[C@H]1Br. The van der Waals surface area contributed by atoms with Crippen LogP contribution in [0, 0.1) is 0 Å². The van der Waals surface area contributed by atoms with E-state index in [9.17, 15) is 0 Å². The van der Waals surface area contributed by atoms with Gasteiger partial charge in [-0.15, -0.1) is 0 Å². The van der Waals surface area contributed by atoms with Gasteiger partial charge in [0.1, 0.15) is 0 Å². The van der Waals surface area contributed by atoms with Gasteiger partial charge in [-0.2, -0.15) is 0 Å². The Morgan fingerprint density at radius 3 is 2.75 bits per heavy atom. The van der Waals surface area contributed by atoms with Crippen LogP contribution in [0.5, 0.6) is 0 Å². The topological polar surface area (TPSA) is 18.5 Å². The van der Waals surface area contributed by atoms with E-state index in [1.165, 1.54) is 0 Å². The Morgan fingerprint density at radius 1 is 1.75 bits per heavy atom. The number of methoxy groups -OCH3 is 1. The van der Waals surface area contributed by atoms with Crippen molar-refractivity contribution in [3.8, 4) is 0 Å². The van der Waals surface area contributed by atoms with Crippen molar-refractivity contribution in [1.29, 1.82) is 0 Å². The van der Waals surface area contributed by atoms with Crippen LogP contribution in [0.15, 0.2) is 0 Å². The Hall–Kier alpha value is 0.400. The van der Waals surface area contributed by atoms with Gasteiger partial charge >= 0.3 is 0 Å². The minimum absolute atomic E-state index is 0.0185. The van der Waals surface area contributed by atoms with Gasteiger partial charge in [0.25, 0.3) is 0 Å². The first-order valence-electron chi connectivity index (χ1n) is 2.63. The molecule has 48 valence electrons. The number of rotatable bonds is 1. The second kappa shape index (κ2) is 2.80. The summed E-state index contributed by atoms with van der Waals surface area (Å²) in [5.74, 6) is 0. The van der Waals surface area contributed by atoms with E-state index < -0.39 is 0 Å². The molecule has 0 N–H and O–H groups in total. The normalized spacial score (nSPS) is 38.2. The minimum Gasteiger partial charge on any atom is -0.355 e. The molecule has 3 heteroatoms. The third-order valence-electron chi connectivity index (χ3n) is 1.20. The maximum absolute atomic E-state index is 5.15. The molecule has 1 saturated heterocycles. The lowest BCUT2D eigenvalue weighted by atomic mass is 10.4. The number of ether oxygens (including phenoxy) is 2. The second-order valence-electron chi connectivity index (χ2n) is 1.78. The molecule has 0 aromatic rings. The van der Waals surface area contributed by atoms with Gasteiger partial charge in [-0.3, -0.25) is 0 Å². The van der Waals surface area contributed by atoms with Crippen LogP contribution in [0.1, 0.15) is 6.42 Å². The number of hydrogen-bond acceptors (Lipinski definition) is 2. The monoisotopic (exact) mass is 180 g/mol. The molecule has 0 bridgehead atoms. The quantitative estimate of drug-likeness (QED) is 0.564. The van der Waals surface area contributed by atoms with Gasteiger partial charge in [-0.1, -0.05) is 15.9 Å². The summed E-state index contributed by atoms with van der Waals surface area (Å²) in [4.78, 5) is 0.396. The zero-order chi connectivity index (χ0) is 5.98. The van der Waals surface area contributed by atoms with Crippen molar-refractivity contribution in [1.82, 2.24) is 0 Å². The lowest BCUT2D eigenvalue weighted by Gasteiger charge is -2.08. The smallest absolute Gasteiger partial charge is 0.169 e. The zero-order valence-electron chi connectivity index (χ0n) is 4.76. The predicted octanol–water partition coefficient (Wildman–Crippen LogP) is 1.14. The lowest BCUT2D eigenvalue weighted by Crippen LogP contribution is -2.16. The molecule has 2 nitrogen and oxygen atoms in total. The molecule has 2 atom stereocenters. The summed E-state index contributed by atoms with van der Waals surface area (Å²) in [6.07, 6.45) is 1.04. The maximum atomic E-state index is 5.15. The molecule has 8 heavy (non-hydrogen) atoms. The number of halogens is 1. The number of hydrogen-bond donors (Lipinski definition) is 0. The summed E-state index contributed by atoms with van der Waals surface area (Å²) in [5.41, 5.74) is 0. The van der Waals surface area contributed by atoms with Gasteiger partial charge in [0.05, 0.1) is 11.4 Å². The third kappa shape index (κ3) is 1.21. The van der Waals surface area contributed by atoms with Gasteiger partial charge in [0.2, 0.25) is 0 Å². The minimum atomic E-state index is -0.0185. The highest BCUT2D eigenvalue weighted by Crippen LogP contribution is 2.20. The molecule has 1 fully saturated rings. The molecule has 0 aliphatic carbocycles. The molecule has 0 spiro atoms. The van der Waals surface area contributed by atoms with Crippen molar-refractivity contribution in [2.75, 3.05) is 13.7 Å². The summed E-state index contributed by atoms with van der Waals surface area (Å²) in [6, 6.07) is 0. The Bertz CT molecular complexity index is 76.8. The van der Waals surface area contributed by atoms with Gasteiger partial charge in [0, 0.05) is 7.11 Å². The summed E-state index contributed by atoms with van der Waals surface area (Å²) in [5, 5.41) is 0. The molecule has 1 rings (SSSR count). The third-order valence-corrected chi connectivity index (χ3v) is 2.09. The standard InChI is InChI=1S/C5H9BrO2/c1-7-5-4(6)2-3-8-5/h4-5H,2-3H2,1H3/t4-,5-/m1/s1. The van der Waals surface area contributed by atoms with Crippen molar-refractivity contribution in [3.63, 3.8) is 0 Å². The highest BCUT2D eigenvalue weighted by Gasteiger charge is 2.24. The molecule has 1 aliphatic heterocycles. The zero-order valence-corrected chi connectivity index (χ0v) is 6.35. The Morgan fingerprint density at radius 2 is 2.50 bits per heavy atom. The van der Waals surface area contributed by atoms with Gasteiger partial charge in [-0.25, -0.2) is 0 Å². The second-order valence-corrected chi connectivity index (χ2v) is 2.96. The van der Waals surface area contributed by atoms with E-state index in [0.717, 1.165) is 13.0 Å². The largest absolute Gasteiger partial charge is 0.355 e. The number of alkyl halides is 1. The van der Waals surface area contributed by atoms with Crippen LogP contribution in [-0.2, 0) is 9.47 Å². The Balaban J connectivity index is 2.30. The first-order valence-corrected chi connectivity index (χ1v) is 3.54. The summed E-state index contributed by atoms with van der Waals surface area (Å²) in [7, 11) is 1.66. The van der Waals surface area contributed by atoms with E-state index in [1.807, 2.05) is 0 Å². The maximum Gasteiger partial charge on any atom is 0.169 e. The van der Waals surface area contributed by atoms with Crippen LogP contribution < -0.4 is 0 Å². The van der Waals surface area contributed by atoms with E-state index in [1.54, 1.807) is 7.11 Å². The lowest BCUT2D eigenvalue weighted by molar-refractivity contribution is -0.0845.